The molecule has 0 heterocycles. The van der Waals surface area contributed by atoms with Gasteiger partial charge in [-0.1, -0.05) is 29.3 Å². The van der Waals surface area contributed by atoms with Crippen molar-refractivity contribution in [3.05, 3.63) is 93.5 Å². The van der Waals surface area contributed by atoms with Crippen LogP contribution in [0.3, 0.4) is 0 Å². The summed E-state index contributed by atoms with van der Waals surface area (Å²) < 4.78 is 43.5. The Morgan fingerprint density at radius 3 is 2.09 bits per heavy atom. The molecular weight excluding hydrogens is 506 g/mol. The van der Waals surface area contributed by atoms with Crippen LogP contribution in [-0.2, 0) is 22.4 Å². The fourth-order valence-electron chi connectivity index (χ4n) is 2.80. The van der Waals surface area contributed by atoms with E-state index in [0.717, 1.165) is 24.3 Å². The number of hydrogen-bond acceptors (Lipinski definition) is 4. The average molecular weight is 524 g/mol. The topological polar surface area (TPSA) is 79.8 Å². The molecule has 0 aliphatic rings. The minimum Gasteiger partial charge on any atom is -0.489 e. The Balaban J connectivity index is 1.54. The van der Waals surface area contributed by atoms with E-state index in [0.29, 0.717) is 32.6 Å². The highest BCUT2D eigenvalue weighted by molar-refractivity contribution is 6.39. The maximum atomic E-state index is 12.6. The zero-order valence-corrected chi connectivity index (χ0v) is 19.6. The number of carbonyl (C=O) groups excluding carboxylic acids is 2. The van der Waals surface area contributed by atoms with Gasteiger partial charge in [0.2, 0.25) is 0 Å². The van der Waals surface area contributed by atoms with Gasteiger partial charge >= 0.3 is 18.0 Å². The smallest absolute Gasteiger partial charge is 0.416 e. The first-order valence-electron chi connectivity index (χ1n) is 10.0. The number of ether oxygens (including phenoxy) is 1. The minimum atomic E-state index is -4.50. The number of halogens is 5. The first-order chi connectivity index (χ1) is 16.5. The lowest BCUT2D eigenvalue weighted by atomic mass is 10.1. The first kappa shape index (κ1) is 26.1. The number of rotatable bonds is 6. The van der Waals surface area contributed by atoms with Crippen molar-refractivity contribution in [3.63, 3.8) is 0 Å². The fourth-order valence-corrected chi connectivity index (χ4v) is 3.30. The molecule has 0 bridgehead atoms. The van der Waals surface area contributed by atoms with Crippen LogP contribution >= 0.6 is 23.2 Å². The SMILES string of the molecule is C/C(=N\NC(=O)C(=O)Nc1ccc(C(F)(F)F)cc1)c1ccc(OCc2c(Cl)cccc2Cl)cc1. The average Bonchev–Trinajstić information content (AvgIpc) is 2.82. The molecule has 0 saturated heterocycles. The van der Waals surface area contributed by atoms with Crippen molar-refractivity contribution in [1.82, 2.24) is 5.43 Å². The summed E-state index contributed by atoms with van der Waals surface area (Å²) in [4.78, 5) is 24.0. The van der Waals surface area contributed by atoms with E-state index in [1.165, 1.54) is 0 Å². The van der Waals surface area contributed by atoms with Gasteiger partial charge in [-0.25, -0.2) is 5.43 Å². The van der Waals surface area contributed by atoms with Gasteiger partial charge in [0.15, 0.2) is 0 Å². The number of alkyl halides is 3. The lowest BCUT2D eigenvalue weighted by Gasteiger charge is -2.10. The Hall–Kier alpha value is -3.56. The molecule has 0 aromatic heterocycles. The van der Waals surface area contributed by atoms with E-state index in [9.17, 15) is 22.8 Å². The van der Waals surface area contributed by atoms with Gasteiger partial charge in [0.05, 0.1) is 11.3 Å². The molecule has 3 rings (SSSR count). The molecule has 2 amide bonds. The predicted molar refractivity (Wildman–Crippen MR) is 128 cm³/mol. The van der Waals surface area contributed by atoms with E-state index in [1.54, 1.807) is 49.4 Å². The molecule has 0 unspecified atom stereocenters. The summed E-state index contributed by atoms with van der Waals surface area (Å²) in [5.74, 6) is -1.61. The molecule has 182 valence electrons. The van der Waals surface area contributed by atoms with Gasteiger partial charge in [0.1, 0.15) is 12.4 Å². The molecule has 11 heteroatoms. The Labute approximate surface area is 208 Å². The van der Waals surface area contributed by atoms with Crippen LogP contribution in [0.4, 0.5) is 18.9 Å². The zero-order chi connectivity index (χ0) is 25.6. The van der Waals surface area contributed by atoms with Crippen LogP contribution in [0.1, 0.15) is 23.6 Å². The molecule has 0 fully saturated rings. The molecule has 0 aliphatic carbocycles. The molecule has 0 atom stereocenters. The van der Waals surface area contributed by atoms with Crippen molar-refractivity contribution in [2.24, 2.45) is 5.10 Å². The van der Waals surface area contributed by atoms with Crippen LogP contribution in [0.15, 0.2) is 71.8 Å². The standard InChI is InChI=1S/C24H18Cl2F3N3O3/c1-14(15-5-11-18(12-6-15)35-13-19-20(25)3-2-4-21(19)26)31-32-23(34)22(33)30-17-9-7-16(8-10-17)24(27,28)29/h2-12H,13H2,1H3,(H,30,33)(H,32,34)/b31-14+. The predicted octanol–water partition coefficient (Wildman–Crippen LogP) is 6.07. The van der Waals surface area contributed by atoms with E-state index < -0.39 is 23.6 Å². The molecule has 0 radical (unpaired) electrons. The summed E-state index contributed by atoms with van der Waals surface area (Å²) in [6.07, 6.45) is -4.50. The normalized spacial score (nSPS) is 11.7. The lowest BCUT2D eigenvalue weighted by molar-refractivity contribution is -0.137. The first-order valence-corrected chi connectivity index (χ1v) is 10.8. The second-order valence-electron chi connectivity index (χ2n) is 7.18. The van der Waals surface area contributed by atoms with E-state index in [-0.39, 0.29) is 12.3 Å². The van der Waals surface area contributed by atoms with E-state index >= 15 is 0 Å². The van der Waals surface area contributed by atoms with Gasteiger partial charge in [-0.15, -0.1) is 0 Å². The fraction of sp³-hybridized carbons (Fsp3) is 0.125. The summed E-state index contributed by atoms with van der Waals surface area (Å²) in [6.45, 7) is 1.79. The molecule has 3 aromatic carbocycles. The number of nitrogens with zero attached hydrogens (tertiary/aromatic N) is 1. The van der Waals surface area contributed by atoms with Crippen molar-refractivity contribution in [2.45, 2.75) is 19.7 Å². The summed E-state index contributed by atoms with van der Waals surface area (Å²) >= 11 is 12.3. The molecule has 0 aliphatic heterocycles. The lowest BCUT2D eigenvalue weighted by Crippen LogP contribution is -2.32. The Morgan fingerprint density at radius 1 is 0.914 bits per heavy atom. The van der Waals surface area contributed by atoms with Crippen molar-refractivity contribution in [1.29, 1.82) is 0 Å². The minimum absolute atomic E-state index is 0.0347. The third-order valence-corrected chi connectivity index (χ3v) is 5.43. The summed E-state index contributed by atoms with van der Waals surface area (Å²) in [5, 5.41) is 7.08. The molecular formula is C24H18Cl2F3N3O3. The summed E-state index contributed by atoms with van der Waals surface area (Å²) in [5.41, 5.74) is 2.99. The van der Waals surface area contributed by atoms with Crippen molar-refractivity contribution in [2.75, 3.05) is 5.32 Å². The maximum absolute atomic E-state index is 12.6. The van der Waals surface area contributed by atoms with Crippen LogP contribution in [0.5, 0.6) is 5.75 Å². The van der Waals surface area contributed by atoms with Gasteiger partial charge < -0.3 is 10.1 Å². The second kappa shape index (κ2) is 11.2. The number of benzene rings is 3. The summed E-state index contributed by atoms with van der Waals surface area (Å²) in [6, 6.07) is 15.7. The number of nitrogens with one attached hydrogen (secondary N) is 2. The van der Waals surface area contributed by atoms with Crippen LogP contribution in [0, 0.1) is 0 Å². The number of anilines is 1. The van der Waals surface area contributed by atoms with Crippen molar-refractivity contribution in [3.8, 4) is 5.75 Å². The molecule has 6 nitrogen and oxygen atoms in total. The van der Waals surface area contributed by atoms with Gasteiger partial charge in [-0.2, -0.15) is 18.3 Å². The van der Waals surface area contributed by atoms with E-state index in [1.807, 2.05) is 0 Å². The van der Waals surface area contributed by atoms with Crippen molar-refractivity contribution < 1.29 is 27.5 Å². The summed E-state index contributed by atoms with van der Waals surface area (Å²) in [7, 11) is 0. The van der Waals surface area contributed by atoms with Crippen LogP contribution in [0.25, 0.3) is 0 Å². The Bertz CT molecular complexity index is 1230. The largest absolute Gasteiger partial charge is 0.489 e. The van der Waals surface area contributed by atoms with Gasteiger partial charge in [-0.3, -0.25) is 9.59 Å². The third kappa shape index (κ3) is 7.21. The molecule has 0 spiro atoms. The van der Waals surface area contributed by atoms with E-state index in [4.69, 9.17) is 27.9 Å². The van der Waals surface area contributed by atoms with Crippen LogP contribution in [0.2, 0.25) is 10.0 Å². The monoisotopic (exact) mass is 523 g/mol. The Kier molecular flexibility index (Phi) is 8.37. The molecule has 0 saturated carbocycles. The number of hydrogen-bond donors (Lipinski definition) is 2. The highest BCUT2D eigenvalue weighted by atomic mass is 35.5. The Morgan fingerprint density at radius 2 is 1.51 bits per heavy atom. The quantitative estimate of drug-likeness (QED) is 0.234. The number of hydrazone groups is 1. The van der Waals surface area contributed by atoms with Crippen LogP contribution in [-0.4, -0.2) is 17.5 Å². The maximum Gasteiger partial charge on any atom is 0.416 e. The second-order valence-corrected chi connectivity index (χ2v) is 8.00. The highest BCUT2D eigenvalue weighted by Crippen LogP contribution is 2.30. The van der Waals surface area contributed by atoms with Gasteiger partial charge in [0, 0.05) is 21.3 Å². The molecule has 3 aromatic rings. The third-order valence-electron chi connectivity index (χ3n) is 4.72. The van der Waals surface area contributed by atoms with Gasteiger partial charge in [0.25, 0.3) is 0 Å². The van der Waals surface area contributed by atoms with E-state index in [2.05, 4.69) is 15.8 Å². The number of carbonyl (C=O) groups is 2. The molecule has 2 N–H and O–H groups in total. The zero-order valence-electron chi connectivity index (χ0n) is 18.1. The molecule has 35 heavy (non-hydrogen) atoms. The van der Waals surface area contributed by atoms with Gasteiger partial charge in [-0.05, 0) is 73.2 Å². The van der Waals surface area contributed by atoms with Crippen molar-refractivity contribution >= 4 is 46.4 Å². The highest BCUT2D eigenvalue weighted by Gasteiger charge is 2.30. The number of amides is 2. The van der Waals surface area contributed by atoms with Crippen LogP contribution < -0.4 is 15.5 Å².